The van der Waals surface area contributed by atoms with Gasteiger partial charge in [-0.3, -0.25) is 4.79 Å². The lowest BCUT2D eigenvalue weighted by Crippen LogP contribution is -2.24. The first-order valence-corrected chi connectivity index (χ1v) is 8.81. The molecule has 22 heavy (non-hydrogen) atoms. The molecule has 0 spiro atoms. The number of carbonyl (C=O) groups excluding carboxylic acids is 1. The predicted octanol–water partition coefficient (Wildman–Crippen LogP) is 3.24. The number of benzene rings is 1. The smallest absolute Gasteiger partial charge is 0.251 e. The second kappa shape index (κ2) is 6.93. The minimum Gasteiger partial charge on any atom is -0.361 e. The third kappa shape index (κ3) is 3.66. The first kappa shape index (κ1) is 15.1. The van der Waals surface area contributed by atoms with E-state index in [4.69, 9.17) is 0 Å². The van der Waals surface area contributed by atoms with E-state index < -0.39 is 0 Å². The maximum atomic E-state index is 12.1. The number of thioether (sulfide) groups is 1. The van der Waals surface area contributed by atoms with E-state index in [1.165, 1.54) is 0 Å². The minimum atomic E-state index is -0.0340. The van der Waals surface area contributed by atoms with Crippen molar-refractivity contribution < 1.29 is 4.79 Å². The van der Waals surface area contributed by atoms with E-state index in [0.29, 0.717) is 12.1 Å². The van der Waals surface area contributed by atoms with E-state index in [0.717, 1.165) is 32.4 Å². The van der Waals surface area contributed by atoms with Gasteiger partial charge in [-0.2, -0.15) is 0 Å². The molecule has 0 atom stereocenters. The predicted molar refractivity (Wildman–Crippen MR) is 90.6 cm³/mol. The highest BCUT2D eigenvalue weighted by Gasteiger charge is 2.06. The standard InChI is InChI=1S/C15H16N4OS2/c1-10-18-19-15(22-10)21-8-2-6-17-14(20)12-4-3-11-5-7-16-13(11)9-12/h3-5,7,9,16H,2,6,8H2,1H3,(H,17,20). The number of aryl methyl sites for hydroxylation is 1. The molecule has 0 aliphatic rings. The minimum absolute atomic E-state index is 0.0340. The number of fused-ring (bicyclic) bond motifs is 1. The molecule has 1 aromatic carbocycles. The van der Waals surface area contributed by atoms with Crippen molar-refractivity contribution >= 4 is 39.9 Å². The van der Waals surface area contributed by atoms with Gasteiger partial charge in [0.1, 0.15) is 5.01 Å². The van der Waals surface area contributed by atoms with E-state index in [1.807, 2.05) is 37.4 Å². The highest BCUT2D eigenvalue weighted by molar-refractivity contribution is 8.01. The maximum Gasteiger partial charge on any atom is 0.251 e. The monoisotopic (exact) mass is 332 g/mol. The first-order valence-electron chi connectivity index (χ1n) is 7.00. The van der Waals surface area contributed by atoms with Crippen LogP contribution in [0.15, 0.2) is 34.8 Å². The Morgan fingerprint density at radius 1 is 1.36 bits per heavy atom. The third-order valence-electron chi connectivity index (χ3n) is 3.16. The summed E-state index contributed by atoms with van der Waals surface area (Å²) in [5.41, 5.74) is 1.66. The zero-order chi connectivity index (χ0) is 15.4. The van der Waals surface area contributed by atoms with Crippen molar-refractivity contribution in [2.75, 3.05) is 12.3 Å². The molecule has 2 N–H and O–H groups in total. The van der Waals surface area contributed by atoms with Crippen LogP contribution in [-0.4, -0.2) is 33.4 Å². The normalized spacial score (nSPS) is 11.0. The van der Waals surface area contributed by atoms with Gasteiger partial charge in [-0.05, 0) is 36.9 Å². The van der Waals surface area contributed by atoms with Crippen LogP contribution in [0.1, 0.15) is 21.8 Å². The number of aromatic amines is 1. The van der Waals surface area contributed by atoms with Crippen molar-refractivity contribution in [2.45, 2.75) is 17.7 Å². The lowest BCUT2D eigenvalue weighted by atomic mass is 10.1. The van der Waals surface area contributed by atoms with Crippen molar-refractivity contribution in [2.24, 2.45) is 0 Å². The number of hydrogen-bond donors (Lipinski definition) is 2. The van der Waals surface area contributed by atoms with Gasteiger partial charge in [-0.15, -0.1) is 10.2 Å². The van der Waals surface area contributed by atoms with Crippen LogP contribution >= 0.6 is 23.1 Å². The fourth-order valence-electron chi connectivity index (χ4n) is 2.06. The summed E-state index contributed by atoms with van der Waals surface area (Å²) in [7, 11) is 0. The average Bonchev–Trinajstić information content (AvgIpc) is 3.14. The molecule has 2 heterocycles. The van der Waals surface area contributed by atoms with E-state index in [9.17, 15) is 4.79 Å². The molecule has 0 saturated heterocycles. The van der Waals surface area contributed by atoms with Gasteiger partial charge in [0, 0.05) is 29.6 Å². The zero-order valence-corrected chi connectivity index (χ0v) is 13.8. The molecule has 0 aliphatic heterocycles. The number of amides is 1. The Balaban J connectivity index is 1.43. The summed E-state index contributed by atoms with van der Waals surface area (Å²) >= 11 is 3.28. The van der Waals surface area contributed by atoms with Crippen LogP contribution in [0.25, 0.3) is 10.9 Å². The molecule has 0 bridgehead atoms. The number of nitrogens with zero attached hydrogens (tertiary/aromatic N) is 2. The molecule has 0 unspecified atom stereocenters. The Hall–Kier alpha value is -1.86. The van der Waals surface area contributed by atoms with Crippen molar-refractivity contribution in [3.63, 3.8) is 0 Å². The van der Waals surface area contributed by atoms with E-state index in [1.54, 1.807) is 23.1 Å². The lowest BCUT2D eigenvalue weighted by Gasteiger charge is -2.05. The Kier molecular flexibility index (Phi) is 4.74. The third-order valence-corrected chi connectivity index (χ3v) is 5.22. The molecule has 5 nitrogen and oxygen atoms in total. The van der Waals surface area contributed by atoms with E-state index >= 15 is 0 Å². The van der Waals surface area contributed by atoms with Gasteiger partial charge in [-0.25, -0.2) is 0 Å². The van der Waals surface area contributed by atoms with Gasteiger partial charge in [0.15, 0.2) is 4.34 Å². The molecular weight excluding hydrogens is 316 g/mol. The molecular formula is C15H16N4OS2. The number of aromatic nitrogens is 3. The summed E-state index contributed by atoms with van der Waals surface area (Å²) in [5, 5.41) is 13.1. The summed E-state index contributed by atoms with van der Waals surface area (Å²) in [4.78, 5) is 15.2. The van der Waals surface area contributed by atoms with Crippen molar-refractivity contribution in [1.82, 2.24) is 20.5 Å². The molecule has 7 heteroatoms. The Labute approximate surface area is 136 Å². The molecule has 114 valence electrons. The van der Waals surface area contributed by atoms with Crippen LogP contribution < -0.4 is 5.32 Å². The second-order valence-electron chi connectivity index (χ2n) is 4.82. The van der Waals surface area contributed by atoms with Crippen molar-refractivity contribution in [1.29, 1.82) is 0 Å². The number of H-pyrrole nitrogens is 1. The highest BCUT2D eigenvalue weighted by Crippen LogP contribution is 2.22. The van der Waals surface area contributed by atoms with Crippen LogP contribution in [0.4, 0.5) is 0 Å². The molecule has 0 fully saturated rings. The zero-order valence-electron chi connectivity index (χ0n) is 12.1. The van der Waals surface area contributed by atoms with Gasteiger partial charge in [0.25, 0.3) is 5.91 Å². The molecule has 0 saturated carbocycles. The van der Waals surface area contributed by atoms with E-state index in [2.05, 4.69) is 20.5 Å². The number of hydrogen-bond acceptors (Lipinski definition) is 5. The Morgan fingerprint density at radius 2 is 2.27 bits per heavy atom. The fourth-order valence-corrected chi connectivity index (χ4v) is 3.89. The summed E-state index contributed by atoms with van der Waals surface area (Å²) < 4.78 is 0.987. The van der Waals surface area contributed by atoms with Gasteiger partial charge in [0.05, 0.1) is 0 Å². The summed E-state index contributed by atoms with van der Waals surface area (Å²) in [6.45, 7) is 2.61. The van der Waals surface area contributed by atoms with Gasteiger partial charge in [0.2, 0.25) is 0 Å². The lowest BCUT2D eigenvalue weighted by molar-refractivity contribution is 0.0954. The van der Waals surface area contributed by atoms with Gasteiger partial charge in [-0.1, -0.05) is 29.2 Å². The van der Waals surface area contributed by atoms with Crippen LogP contribution in [0.5, 0.6) is 0 Å². The molecule has 2 aromatic heterocycles. The molecule has 0 aliphatic carbocycles. The van der Waals surface area contributed by atoms with Gasteiger partial charge < -0.3 is 10.3 Å². The van der Waals surface area contributed by atoms with Crippen LogP contribution in [0.2, 0.25) is 0 Å². The SMILES string of the molecule is Cc1nnc(SCCCNC(=O)c2ccc3cc[nH]c3c2)s1. The first-order chi connectivity index (χ1) is 10.7. The summed E-state index contributed by atoms with van der Waals surface area (Å²) in [6, 6.07) is 7.67. The van der Waals surface area contributed by atoms with Gasteiger partial charge >= 0.3 is 0 Å². The summed E-state index contributed by atoms with van der Waals surface area (Å²) in [6.07, 6.45) is 2.78. The molecule has 3 rings (SSSR count). The number of carbonyl (C=O) groups is 1. The molecule has 3 aromatic rings. The Bertz CT molecular complexity index is 781. The highest BCUT2D eigenvalue weighted by atomic mass is 32.2. The molecule has 0 radical (unpaired) electrons. The molecule has 1 amide bonds. The van der Waals surface area contributed by atoms with Crippen LogP contribution in [-0.2, 0) is 0 Å². The number of nitrogens with one attached hydrogen (secondary N) is 2. The van der Waals surface area contributed by atoms with Crippen molar-refractivity contribution in [3.8, 4) is 0 Å². The quantitative estimate of drug-likeness (QED) is 0.537. The fraction of sp³-hybridized carbons (Fsp3) is 0.267. The van der Waals surface area contributed by atoms with Crippen LogP contribution in [0.3, 0.4) is 0 Å². The van der Waals surface area contributed by atoms with Crippen LogP contribution in [0, 0.1) is 6.92 Å². The Morgan fingerprint density at radius 3 is 3.09 bits per heavy atom. The topological polar surface area (TPSA) is 70.7 Å². The maximum absolute atomic E-state index is 12.1. The van der Waals surface area contributed by atoms with E-state index in [-0.39, 0.29) is 5.91 Å². The summed E-state index contributed by atoms with van der Waals surface area (Å²) in [5.74, 6) is 0.887. The average molecular weight is 332 g/mol. The second-order valence-corrected chi connectivity index (χ2v) is 7.35. The number of rotatable bonds is 6. The van der Waals surface area contributed by atoms with Crippen molar-refractivity contribution in [3.05, 3.63) is 41.0 Å². The largest absolute Gasteiger partial charge is 0.361 e.